The molecule has 2 aromatic rings. The topological polar surface area (TPSA) is 90.3 Å². The molecule has 6 nitrogen and oxygen atoms in total. The molecule has 0 bridgehead atoms. The zero-order chi connectivity index (χ0) is 18.3. The summed E-state index contributed by atoms with van der Waals surface area (Å²) in [7, 11) is -3.52. The Morgan fingerprint density at radius 1 is 1.16 bits per heavy atom. The van der Waals surface area contributed by atoms with Gasteiger partial charge in [0.2, 0.25) is 15.9 Å². The summed E-state index contributed by atoms with van der Waals surface area (Å²) in [5, 5.41) is 11.5. The van der Waals surface area contributed by atoms with E-state index >= 15 is 0 Å². The molecule has 25 heavy (non-hydrogen) atoms. The maximum atomic E-state index is 12.2. The molecular formula is C18H19N3O3S. The van der Waals surface area contributed by atoms with Crippen molar-refractivity contribution in [1.82, 2.24) is 4.31 Å². The number of hydrogen-bond donors (Lipinski definition) is 1. The molecular weight excluding hydrogens is 338 g/mol. The number of carbonyl (C=O) groups is 1. The smallest absolute Gasteiger partial charge is 0.239 e. The van der Waals surface area contributed by atoms with E-state index in [9.17, 15) is 13.2 Å². The Kier molecular flexibility index (Phi) is 6.28. The number of sulfonamides is 1. The Morgan fingerprint density at radius 2 is 1.88 bits per heavy atom. The molecule has 0 aliphatic rings. The number of hydrogen-bond acceptors (Lipinski definition) is 4. The van der Waals surface area contributed by atoms with Crippen LogP contribution in [0.4, 0.5) is 5.69 Å². The Labute approximate surface area is 147 Å². The molecule has 0 saturated carbocycles. The van der Waals surface area contributed by atoms with Crippen LogP contribution in [0.25, 0.3) is 0 Å². The monoisotopic (exact) mass is 357 g/mol. The molecule has 0 unspecified atom stereocenters. The summed E-state index contributed by atoms with van der Waals surface area (Å²) >= 11 is 0. The van der Waals surface area contributed by atoms with Gasteiger partial charge in [-0.05, 0) is 30.2 Å². The van der Waals surface area contributed by atoms with E-state index in [0.717, 1.165) is 16.1 Å². The van der Waals surface area contributed by atoms with Crippen LogP contribution >= 0.6 is 0 Å². The summed E-state index contributed by atoms with van der Waals surface area (Å²) in [5.41, 5.74) is 1.88. The molecule has 7 heteroatoms. The predicted molar refractivity (Wildman–Crippen MR) is 96.3 cm³/mol. The van der Waals surface area contributed by atoms with Gasteiger partial charge in [0, 0.05) is 12.2 Å². The van der Waals surface area contributed by atoms with Gasteiger partial charge < -0.3 is 5.32 Å². The second kappa shape index (κ2) is 8.42. The number of nitriles is 1. The summed E-state index contributed by atoms with van der Waals surface area (Å²) in [6, 6.07) is 17.9. The molecule has 0 spiro atoms. The number of rotatable bonds is 7. The Hall–Kier alpha value is -2.69. The maximum Gasteiger partial charge on any atom is 0.239 e. The minimum Gasteiger partial charge on any atom is -0.325 e. The first-order valence-electron chi connectivity index (χ1n) is 7.67. The highest BCUT2D eigenvalue weighted by Gasteiger charge is 2.20. The molecule has 0 saturated heterocycles. The third-order valence-corrected chi connectivity index (χ3v) is 4.81. The highest BCUT2D eigenvalue weighted by Crippen LogP contribution is 2.10. The molecule has 2 rings (SSSR count). The molecule has 0 heterocycles. The Morgan fingerprint density at radius 3 is 2.52 bits per heavy atom. The lowest BCUT2D eigenvalue weighted by molar-refractivity contribution is -0.116. The van der Waals surface area contributed by atoms with E-state index in [1.165, 1.54) is 6.07 Å². The average molecular weight is 357 g/mol. The third-order valence-electron chi connectivity index (χ3n) is 3.56. The molecule has 0 fully saturated rings. The fraction of sp³-hybridized carbons (Fsp3) is 0.222. The van der Waals surface area contributed by atoms with Crippen molar-refractivity contribution >= 4 is 21.6 Å². The lowest BCUT2D eigenvalue weighted by atomic mass is 10.1. The van der Waals surface area contributed by atoms with E-state index in [2.05, 4.69) is 5.32 Å². The number of amides is 1. The van der Waals surface area contributed by atoms with Crippen molar-refractivity contribution in [3.05, 3.63) is 65.7 Å². The number of anilines is 1. The van der Waals surface area contributed by atoms with Crippen molar-refractivity contribution in [1.29, 1.82) is 5.26 Å². The van der Waals surface area contributed by atoms with Crippen molar-refractivity contribution in [2.75, 3.05) is 24.7 Å². The first kappa shape index (κ1) is 18.6. The van der Waals surface area contributed by atoms with Gasteiger partial charge in [-0.15, -0.1) is 0 Å². The average Bonchev–Trinajstić information content (AvgIpc) is 2.58. The first-order valence-corrected chi connectivity index (χ1v) is 9.52. The van der Waals surface area contributed by atoms with Gasteiger partial charge in [-0.25, -0.2) is 8.42 Å². The quantitative estimate of drug-likeness (QED) is 0.820. The summed E-state index contributed by atoms with van der Waals surface area (Å²) < 4.78 is 25.0. The summed E-state index contributed by atoms with van der Waals surface area (Å²) in [5.74, 6) is -0.450. The Bertz CT molecular complexity index is 874. The lowest BCUT2D eigenvalue weighted by Gasteiger charge is -2.19. The van der Waals surface area contributed by atoms with Gasteiger partial charge in [-0.2, -0.15) is 9.57 Å². The van der Waals surface area contributed by atoms with Gasteiger partial charge in [0.1, 0.15) is 0 Å². The van der Waals surface area contributed by atoms with Crippen LogP contribution in [0, 0.1) is 11.3 Å². The minimum absolute atomic E-state index is 0.217. The molecule has 130 valence electrons. The van der Waals surface area contributed by atoms with Crippen LogP contribution in [0.2, 0.25) is 0 Å². The van der Waals surface area contributed by atoms with E-state index < -0.39 is 15.9 Å². The van der Waals surface area contributed by atoms with E-state index in [-0.39, 0.29) is 13.1 Å². The molecule has 0 radical (unpaired) electrons. The second-order valence-electron chi connectivity index (χ2n) is 5.57. The van der Waals surface area contributed by atoms with Crippen LogP contribution in [0.3, 0.4) is 0 Å². The zero-order valence-electron chi connectivity index (χ0n) is 13.8. The van der Waals surface area contributed by atoms with E-state index in [1.54, 1.807) is 18.2 Å². The predicted octanol–water partition coefficient (Wildman–Crippen LogP) is 2.00. The normalized spacial score (nSPS) is 11.1. The molecule has 1 N–H and O–H groups in total. The van der Waals surface area contributed by atoms with Crippen molar-refractivity contribution < 1.29 is 13.2 Å². The van der Waals surface area contributed by atoms with Crippen LogP contribution in [-0.4, -0.2) is 38.0 Å². The van der Waals surface area contributed by atoms with Gasteiger partial charge in [0.15, 0.2) is 0 Å². The van der Waals surface area contributed by atoms with Crippen LogP contribution < -0.4 is 5.32 Å². The molecule has 0 aliphatic heterocycles. The van der Waals surface area contributed by atoms with Gasteiger partial charge >= 0.3 is 0 Å². The summed E-state index contributed by atoms with van der Waals surface area (Å²) in [6.07, 6.45) is 1.60. The first-order chi connectivity index (χ1) is 11.9. The fourth-order valence-corrected chi connectivity index (χ4v) is 3.06. The van der Waals surface area contributed by atoms with Gasteiger partial charge in [0.25, 0.3) is 0 Å². The van der Waals surface area contributed by atoms with Gasteiger partial charge in [0.05, 0.1) is 24.4 Å². The standard InChI is InChI=1S/C18H19N3O3S/c1-25(23,24)21(11-10-15-6-3-2-4-7-15)14-18(22)20-17-9-5-8-16(12-17)13-19/h2-9,12H,10-11,14H2,1H3,(H,20,22). The number of nitrogens with zero attached hydrogens (tertiary/aromatic N) is 2. The van der Waals surface area contributed by atoms with Crippen LogP contribution in [0.1, 0.15) is 11.1 Å². The van der Waals surface area contributed by atoms with Gasteiger partial charge in [-0.3, -0.25) is 4.79 Å². The van der Waals surface area contributed by atoms with Crippen molar-refractivity contribution in [3.8, 4) is 6.07 Å². The van der Waals surface area contributed by atoms with Crippen molar-refractivity contribution in [2.45, 2.75) is 6.42 Å². The van der Waals surface area contributed by atoms with E-state index in [1.807, 2.05) is 36.4 Å². The van der Waals surface area contributed by atoms with Crippen LogP contribution in [0.5, 0.6) is 0 Å². The van der Waals surface area contributed by atoms with Crippen LogP contribution in [0.15, 0.2) is 54.6 Å². The molecule has 0 aromatic heterocycles. The van der Waals surface area contributed by atoms with Crippen molar-refractivity contribution in [2.24, 2.45) is 0 Å². The molecule has 2 aromatic carbocycles. The van der Waals surface area contributed by atoms with E-state index in [4.69, 9.17) is 5.26 Å². The highest BCUT2D eigenvalue weighted by atomic mass is 32.2. The molecule has 1 amide bonds. The SMILES string of the molecule is CS(=O)(=O)N(CCc1ccccc1)CC(=O)Nc1cccc(C#N)c1. The zero-order valence-corrected chi connectivity index (χ0v) is 14.7. The largest absolute Gasteiger partial charge is 0.325 e. The summed E-state index contributed by atoms with van der Waals surface area (Å²) in [6.45, 7) is -0.0586. The lowest BCUT2D eigenvalue weighted by Crippen LogP contribution is -2.38. The highest BCUT2D eigenvalue weighted by molar-refractivity contribution is 7.88. The van der Waals surface area contributed by atoms with Gasteiger partial charge in [-0.1, -0.05) is 36.4 Å². The van der Waals surface area contributed by atoms with Crippen LogP contribution in [-0.2, 0) is 21.2 Å². The van der Waals surface area contributed by atoms with Crippen molar-refractivity contribution in [3.63, 3.8) is 0 Å². The summed E-state index contributed by atoms with van der Waals surface area (Å²) in [4.78, 5) is 12.2. The number of carbonyl (C=O) groups excluding carboxylic acids is 1. The fourth-order valence-electron chi connectivity index (χ4n) is 2.29. The molecule has 0 atom stereocenters. The number of nitrogens with one attached hydrogen (secondary N) is 1. The third kappa shape index (κ3) is 6.03. The maximum absolute atomic E-state index is 12.2. The minimum atomic E-state index is -3.52. The second-order valence-corrected chi connectivity index (χ2v) is 7.56. The molecule has 0 aliphatic carbocycles. The number of benzene rings is 2. The van der Waals surface area contributed by atoms with E-state index in [0.29, 0.717) is 17.7 Å². The Balaban J connectivity index is 2.01.